The number of piperidine rings is 1. The minimum Gasteiger partial charge on any atom is -0.508 e. The quantitative estimate of drug-likeness (QED) is 0.864. The third-order valence-electron chi connectivity index (χ3n) is 4.17. The second-order valence-corrected chi connectivity index (χ2v) is 5.49. The van der Waals surface area contributed by atoms with Gasteiger partial charge in [-0.2, -0.15) is 0 Å². The van der Waals surface area contributed by atoms with Crippen LogP contribution < -0.4 is 5.73 Å². The molecule has 1 aliphatic rings. The first kappa shape index (κ1) is 13.4. The lowest BCUT2D eigenvalue weighted by Gasteiger charge is -2.38. The summed E-state index contributed by atoms with van der Waals surface area (Å²) in [6, 6.07) is 8.14. The average molecular weight is 248 g/mol. The van der Waals surface area contributed by atoms with E-state index in [1.54, 1.807) is 6.07 Å². The molecule has 0 aliphatic carbocycles. The Bertz CT molecular complexity index is 392. The minimum atomic E-state index is 0.254. The van der Waals surface area contributed by atoms with Gasteiger partial charge < -0.3 is 10.8 Å². The van der Waals surface area contributed by atoms with Crippen LogP contribution in [0.3, 0.4) is 0 Å². The fourth-order valence-electron chi connectivity index (χ4n) is 2.86. The maximum absolute atomic E-state index is 9.94. The molecule has 100 valence electrons. The summed E-state index contributed by atoms with van der Waals surface area (Å²) in [6.07, 6.45) is 2.42. The highest BCUT2D eigenvalue weighted by molar-refractivity contribution is 5.34. The number of likely N-dealkylation sites (tertiary alicyclic amines) is 1. The van der Waals surface area contributed by atoms with Gasteiger partial charge in [0.1, 0.15) is 5.75 Å². The summed E-state index contributed by atoms with van der Waals surface area (Å²) < 4.78 is 0. The van der Waals surface area contributed by atoms with Crippen molar-refractivity contribution < 1.29 is 5.11 Å². The van der Waals surface area contributed by atoms with E-state index in [9.17, 15) is 5.11 Å². The molecule has 3 heteroatoms. The average Bonchev–Trinajstić information content (AvgIpc) is 2.38. The Kier molecular flexibility index (Phi) is 4.25. The zero-order chi connectivity index (χ0) is 13.1. The third-order valence-corrected chi connectivity index (χ3v) is 4.17. The van der Waals surface area contributed by atoms with E-state index in [4.69, 9.17) is 5.73 Å². The topological polar surface area (TPSA) is 49.5 Å². The van der Waals surface area contributed by atoms with Gasteiger partial charge in [0.15, 0.2) is 0 Å². The molecule has 2 rings (SSSR count). The van der Waals surface area contributed by atoms with Gasteiger partial charge >= 0.3 is 0 Å². The van der Waals surface area contributed by atoms with E-state index in [0.717, 1.165) is 18.7 Å². The molecule has 0 radical (unpaired) electrons. The Hall–Kier alpha value is -1.06. The van der Waals surface area contributed by atoms with Crippen LogP contribution in [0.1, 0.15) is 38.3 Å². The summed E-state index contributed by atoms with van der Waals surface area (Å²) >= 11 is 0. The van der Waals surface area contributed by atoms with Gasteiger partial charge in [-0.3, -0.25) is 4.90 Å². The molecule has 3 unspecified atom stereocenters. The fraction of sp³-hybridized carbons (Fsp3) is 0.600. The summed E-state index contributed by atoms with van der Waals surface area (Å²) in [7, 11) is 0. The van der Waals surface area contributed by atoms with Crippen molar-refractivity contribution in [2.24, 2.45) is 11.7 Å². The SMILES string of the molecule is CC(N)C1CCCN(C(C)c2ccccc2O)C1. The Morgan fingerprint density at radius 1 is 1.33 bits per heavy atom. The van der Waals surface area contributed by atoms with Crippen LogP contribution >= 0.6 is 0 Å². The molecule has 1 aromatic rings. The van der Waals surface area contributed by atoms with Gasteiger partial charge in [-0.05, 0) is 45.2 Å². The molecular weight excluding hydrogens is 224 g/mol. The van der Waals surface area contributed by atoms with Crippen LogP contribution in [-0.4, -0.2) is 29.1 Å². The lowest BCUT2D eigenvalue weighted by molar-refractivity contribution is 0.120. The van der Waals surface area contributed by atoms with Crippen LogP contribution in [0.5, 0.6) is 5.75 Å². The van der Waals surface area contributed by atoms with E-state index in [-0.39, 0.29) is 12.1 Å². The molecule has 3 nitrogen and oxygen atoms in total. The van der Waals surface area contributed by atoms with Crippen molar-refractivity contribution in [2.75, 3.05) is 13.1 Å². The summed E-state index contributed by atoms with van der Waals surface area (Å²) in [4.78, 5) is 2.44. The van der Waals surface area contributed by atoms with Crippen LogP contribution in [0.4, 0.5) is 0 Å². The molecule has 0 spiro atoms. The molecular formula is C15H24N2O. The Balaban J connectivity index is 2.09. The summed E-state index contributed by atoms with van der Waals surface area (Å²) in [6.45, 7) is 6.39. The van der Waals surface area contributed by atoms with Gasteiger partial charge in [-0.25, -0.2) is 0 Å². The van der Waals surface area contributed by atoms with E-state index >= 15 is 0 Å². The smallest absolute Gasteiger partial charge is 0.120 e. The summed E-state index contributed by atoms with van der Waals surface area (Å²) in [5.41, 5.74) is 7.04. The van der Waals surface area contributed by atoms with Gasteiger partial charge in [0.05, 0.1) is 0 Å². The van der Waals surface area contributed by atoms with E-state index < -0.39 is 0 Å². The van der Waals surface area contributed by atoms with Crippen molar-refractivity contribution in [3.8, 4) is 5.75 Å². The number of para-hydroxylation sites is 1. The maximum Gasteiger partial charge on any atom is 0.120 e. The number of hydrogen-bond acceptors (Lipinski definition) is 3. The molecule has 1 saturated heterocycles. The van der Waals surface area contributed by atoms with Gasteiger partial charge in [-0.15, -0.1) is 0 Å². The highest BCUT2D eigenvalue weighted by Gasteiger charge is 2.27. The fourth-order valence-corrected chi connectivity index (χ4v) is 2.86. The Morgan fingerprint density at radius 2 is 2.06 bits per heavy atom. The van der Waals surface area contributed by atoms with E-state index in [1.807, 2.05) is 18.2 Å². The number of rotatable bonds is 3. The first-order chi connectivity index (χ1) is 8.59. The van der Waals surface area contributed by atoms with Crippen molar-refractivity contribution in [2.45, 2.75) is 38.8 Å². The van der Waals surface area contributed by atoms with Crippen LogP contribution in [0.25, 0.3) is 0 Å². The molecule has 0 amide bonds. The standard InChI is InChI=1S/C15H24N2O/c1-11(16)13-6-5-9-17(10-13)12(2)14-7-3-4-8-15(14)18/h3-4,7-8,11-13,18H,5-6,9-10,16H2,1-2H3. The maximum atomic E-state index is 9.94. The molecule has 0 bridgehead atoms. The number of phenolic OH excluding ortho intramolecular Hbond substituents is 1. The van der Waals surface area contributed by atoms with Crippen molar-refractivity contribution in [3.05, 3.63) is 29.8 Å². The van der Waals surface area contributed by atoms with Crippen LogP contribution in [0.15, 0.2) is 24.3 Å². The number of nitrogens with zero attached hydrogens (tertiary/aromatic N) is 1. The molecule has 18 heavy (non-hydrogen) atoms. The van der Waals surface area contributed by atoms with E-state index in [2.05, 4.69) is 18.7 Å². The Morgan fingerprint density at radius 3 is 2.72 bits per heavy atom. The van der Waals surface area contributed by atoms with Crippen LogP contribution in [0, 0.1) is 5.92 Å². The predicted molar refractivity (Wildman–Crippen MR) is 74.5 cm³/mol. The van der Waals surface area contributed by atoms with Crippen LogP contribution in [-0.2, 0) is 0 Å². The first-order valence-corrected chi connectivity index (χ1v) is 6.87. The van der Waals surface area contributed by atoms with E-state index in [1.165, 1.54) is 12.8 Å². The number of benzene rings is 1. The number of hydrogen-bond donors (Lipinski definition) is 2. The highest BCUT2D eigenvalue weighted by Crippen LogP contribution is 2.31. The zero-order valence-corrected chi connectivity index (χ0v) is 11.3. The molecule has 0 aromatic heterocycles. The summed E-state index contributed by atoms with van der Waals surface area (Å²) in [5.74, 6) is 0.972. The van der Waals surface area contributed by atoms with Gasteiger partial charge in [0, 0.05) is 24.2 Å². The number of aromatic hydroxyl groups is 1. The lowest BCUT2D eigenvalue weighted by atomic mass is 9.90. The van der Waals surface area contributed by atoms with Crippen molar-refractivity contribution in [3.63, 3.8) is 0 Å². The molecule has 1 aromatic carbocycles. The molecule has 1 aliphatic heterocycles. The second-order valence-electron chi connectivity index (χ2n) is 5.49. The van der Waals surface area contributed by atoms with Crippen molar-refractivity contribution in [1.29, 1.82) is 0 Å². The molecule has 3 N–H and O–H groups in total. The van der Waals surface area contributed by atoms with Gasteiger partial charge in [-0.1, -0.05) is 18.2 Å². The van der Waals surface area contributed by atoms with Gasteiger partial charge in [0.25, 0.3) is 0 Å². The zero-order valence-electron chi connectivity index (χ0n) is 11.3. The third kappa shape index (κ3) is 2.85. The number of phenols is 1. The molecule has 0 saturated carbocycles. The summed E-state index contributed by atoms with van der Waals surface area (Å²) in [5, 5.41) is 9.94. The first-order valence-electron chi connectivity index (χ1n) is 6.87. The van der Waals surface area contributed by atoms with E-state index in [0.29, 0.717) is 11.7 Å². The molecule has 3 atom stereocenters. The largest absolute Gasteiger partial charge is 0.508 e. The van der Waals surface area contributed by atoms with Crippen molar-refractivity contribution in [1.82, 2.24) is 4.90 Å². The predicted octanol–water partition coefficient (Wildman–Crippen LogP) is 2.51. The normalized spacial score (nSPS) is 24.7. The second kappa shape index (κ2) is 5.72. The highest BCUT2D eigenvalue weighted by atomic mass is 16.3. The monoisotopic (exact) mass is 248 g/mol. The van der Waals surface area contributed by atoms with Crippen molar-refractivity contribution >= 4 is 0 Å². The Labute approximate surface area is 110 Å². The lowest BCUT2D eigenvalue weighted by Crippen LogP contribution is -2.43. The minimum absolute atomic E-state index is 0.254. The molecule has 1 heterocycles. The molecule has 1 fully saturated rings. The van der Waals surface area contributed by atoms with Crippen LogP contribution in [0.2, 0.25) is 0 Å². The van der Waals surface area contributed by atoms with Gasteiger partial charge in [0.2, 0.25) is 0 Å². The number of nitrogens with two attached hydrogens (primary N) is 1.